The zero-order chi connectivity index (χ0) is 74.3. The maximum atomic E-state index is 11.4. The van der Waals surface area contributed by atoms with E-state index in [1.807, 2.05) is 187 Å². The van der Waals surface area contributed by atoms with E-state index in [2.05, 4.69) is 44.9 Å². The van der Waals surface area contributed by atoms with Crippen LogP contribution in [0, 0.1) is 0 Å². The molecular weight excluding hydrogens is 1470 g/mol. The Hall–Kier alpha value is -11.6. The molecule has 0 saturated carbocycles. The third-order valence-electron chi connectivity index (χ3n) is 13.5. The van der Waals surface area contributed by atoms with Crippen molar-refractivity contribution in [3.8, 4) is 34.5 Å². The summed E-state index contributed by atoms with van der Waals surface area (Å²) in [7, 11) is 24.1. The van der Waals surface area contributed by atoms with E-state index in [-0.39, 0.29) is 85.7 Å². The maximum absolute atomic E-state index is 11.4. The second kappa shape index (κ2) is 53.2. The molecule has 105 heavy (non-hydrogen) atoms. The smallest absolute Gasteiger partial charge is 0.872 e. The molecule has 6 aromatic carbocycles. The largest absolute Gasteiger partial charge is 2.00 e. The van der Waals surface area contributed by atoms with Crippen molar-refractivity contribution >= 4 is 69.8 Å². The van der Waals surface area contributed by atoms with Crippen LogP contribution in [0.3, 0.4) is 0 Å². The van der Waals surface area contributed by atoms with Crippen LogP contribution in [0.2, 0.25) is 0 Å². The number of para-hydroxylation sites is 9. The number of aliphatic imine (C=N–C) groups is 3. The first-order valence-electron chi connectivity index (χ1n) is 31.8. The molecule has 6 heterocycles. The quantitative estimate of drug-likeness (QED) is 0.0812. The normalized spacial score (nSPS) is 9.60. The van der Waals surface area contributed by atoms with Crippen molar-refractivity contribution in [2.75, 3.05) is 114 Å². The zero-order valence-electron chi connectivity index (χ0n) is 60.5. The van der Waals surface area contributed by atoms with E-state index >= 15 is 0 Å². The van der Waals surface area contributed by atoms with Crippen LogP contribution >= 0.6 is 0 Å². The molecule has 0 aliphatic rings. The summed E-state index contributed by atoms with van der Waals surface area (Å²) in [6, 6.07) is 62.7. The van der Waals surface area contributed by atoms with Crippen LogP contribution in [0.15, 0.2) is 308 Å². The Morgan fingerprint density at radius 1 is 0.210 bits per heavy atom. The Labute approximate surface area is 650 Å². The van der Waals surface area contributed by atoms with Gasteiger partial charge in [0.2, 0.25) is 0 Å². The summed E-state index contributed by atoms with van der Waals surface area (Å²) in [6.07, 6.45) is 25.7. The molecule has 0 spiro atoms. The summed E-state index contributed by atoms with van der Waals surface area (Å²) < 4.78 is 0. The molecule has 0 bridgehead atoms. The SMILES string of the molecule is CN(C)c1ccncc1.CN(C)c1ccncc1.CN(C)c1ccncc1.CN(C)c1ccncc1.CN(C)c1ccncc1.CN(C)c1ccncc1.[Cu+2].[Cu+2].[Cu+2].[O-]c1ccccc1C=Nc1ccccc1[O-].[O-]c1ccccc1C=Nc1ccccc1[O-].[O-]c1ccccc1C=Nc1ccccc1[O-]. The Morgan fingerprint density at radius 3 is 0.486 bits per heavy atom. The molecule has 555 valence electrons. The van der Waals surface area contributed by atoms with Crippen molar-refractivity contribution < 1.29 is 81.8 Å². The summed E-state index contributed by atoms with van der Waals surface area (Å²) in [5.74, 6) is -0.759. The van der Waals surface area contributed by atoms with Crippen LogP contribution < -0.4 is 60.0 Å². The van der Waals surface area contributed by atoms with E-state index in [9.17, 15) is 30.6 Å². The van der Waals surface area contributed by atoms with Gasteiger partial charge in [-0.2, -0.15) is 0 Å². The van der Waals surface area contributed by atoms with Gasteiger partial charge in [-0.3, -0.25) is 44.9 Å². The van der Waals surface area contributed by atoms with Crippen LogP contribution in [0.4, 0.5) is 51.2 Å². The maximum Gasteiger partial charge on any atom is 2.00 e. The summed E-state index contributed by atoms with van der Waals surface area (Å²) in [4.78, 5) is 47.7. The molecule has 0 fully saturated rings. The molecule has 3 radical (unpaired) electrons. The van der Waals surface area contributed by atoms with E-state index in [4.69, 9.17) is 0 Å². The number of benzene rings is 6. The van der Waals surface area contributed by atoms with Gasteiger partial charge in [0.05, 0.1) is 17.1 Å². The van der Waals surface area contributed by atoms with Gasteiger partial charge in [0.25, 0.3) is 0 Å². The molecule has 0 aliphatic carbocycles. The van der Waals surface area contributed by atoms with Crippen molar-refractivity contribution in [3.63, 3.8) is 0 Å². The fourth-order valence-corrected chi connectivity index (χ4v) is 7.72. The summed E-state index contributed by atoms with van der Waals surface area (Å²) in [6.45, 7) is 0. The molecule has 0 aliphatic heterocycles. The van der Waals surface area contributed by atoms with Gasteiger partial charge in [-0.1, -0.05) is 145 Å². The van der Waals surface area contributed by atoms with Crippen molar-refractivity contribution in [2.24, 2.45) is 15.0 Å². The Balaban J connectivity index is 0.000000596. The third kappa shape index (κ3) is 37.8. The standard InChI is InChI=1S/3C13H11NO2.6C7H10N2.3Cu/c3*15-12-7-3-1-5-10(12)9-14-11-6-2-4-8-13(11)16;6*1-9(2)7-3-5-8-6-4-7;;;/h3*1-9,15-16H;6*3-6H,1-2H3;;;/q;;;;;;;;;3*+2/p-6. The van der Waals surface area contributed by atoms with Gasteiger partial charge in [0.1, 0.15) is 0 Å². The number of pyridine rings is 6. The molecule has 12 rings (SSSR count). The first-order valence-corrected chi connectivity index (χ1v) is 31.8. The molecule has 0 saturated heterocycles. The Bertz CT molecular complexity index is 3590. The Morgan fingerprint density at radius 2 is 0.352 bits per heavy atom. The van der Waals surface area contributed by atoms with Gasteiger partial charge in [-0.05, 0) is 108 Å². The van der Waals surface area contributed by atoms with E-state index in [0.29, 0.717) is 33.8 Å². The van der Waals surface area contributed by atoms with Crippen molar-refractivity contribution in [1.82, 2.24) is 29.9 Å². The van der Waals surface area contributed by atoms with Gasteiger partial charge >= 0.3 is 51.2 Å². The van der Waals surface area contributed by atoms with Crippen LogP contribution in [0.5, 0.6) is 34.5 Å². The molecule has 21 nitrogen and oxygen atoms in total. The number of nitrogens with zero attached hydrogens (tertiary/aromatic N) is 15. The monoisotopic (exact) mass is 1550 g/mol. The summed E-state index contributed by atoms with van der Waals surface area (Å²) >= 11 is 0. The minimum absolute atomic E-state index is 0. The average Bonchev–Trinajstić information content (AvgIpc) is 0.888. The zero-order valence-corrected chi connectivity index (χ0v) is 63.3. The van der Waals surface area contributed by atoms with Crippen LogP contribution in [0.25, 0.3) is 0 Å². The molecule has 24 heteroatoms. The van der Waals surface area contributed by atoms with Gasteiger partial charge in [0.15, 0.2) is 0 Å². The molecule has 0 atom stereocenters. The van der Waals surface area contributed by atoms with E-state index in [1.54, 1.807) is 184 Å². The predicted molar refractivity (Wildman–Crippen MR) is 408 cm³/mol. The topological polar surface area (TPSA) is 272 Å². The molecular formula is C81H87Cu3N15O6. The van der Waals surface area contributed by atoms with Crippen LogP contribution in [-0.2, 0) is 51.2 Å². The molecule has 0 amide bonds. The molecule has 6 aromatic heterocycles. The number of hydrogen-bond acceptors (Lipinski definition) is 21. The van der Waals surface area contributed by atoms with Crippen LogP contribution in [0.1, 0.15) is 16.7 Å². The predicted octanol–water partition coefficient (Wildman–Crippen LogP) is 11.6. The minimum atomic E-state index is -0.151. The fourth-order valence-electron chi connectivity index (χ4n) is 7.72. The van der Waals surface area contributed by atoms with Gasteiger partial charge < -0.3 is 60.0 Å². The van der Waals surface area contributed by atoms with Crippen molar-refractivity contribution in [1.29, 1.82) is 0 Å². The molecule has 12 aromatic rings. The number of rotatable bonds is 12. The second-order valence-electron chi connectivity index (χ2n) is 22.4. The minimum Gasteiger partial charge on any atom is -0.872 e. The average molecular weight is 1560 g/mol. The van der Waals surface area contributed by atoms with Crippen molar-refractivity contribution in [3.05, 3.63) is 309 Å². The molecule has 0 unspecified atom stereocenters. The number of aromatic nitrogens is 6. The molecule has 0 N–H and O–H groups in total. The Kier molecular flexibility index (Phi) is 46.3. The van der Waals surface area contributed by atoms with E-state index in [1.165, 1.54) is 89.2 Å². The van der Waals surface area contributed by atoms with Gasteiger partial charge in [-0.25, -0.2) is 0 Å². The van der Waals surface area contributed by atoms with E-state index < -0.39 is 0 Å². The van der Waals surface area contributed by atoms with Crippen LogP contribution in [-0.4, -0.2) is 133 Å². The van der Waals surface area contributed by atoms with Crippen molar-refractivity contribution in [2.45, 2.75) is 0 Å². The number of hydrogen-bond donors (Lipinski definition) is 0. The first-order chi connectivity index (χ1) is 49.1. The number of anilines is 6. The fraction of sp³-hybridized carbons (Fsp3) is 0.148. The van der Waals surface area contributed by atoms with Gasteiger partial charge in [0, 0.05) is 212 Å². The summed E-state index contributed by atoms with van der Waals surface area (Å²) in [5, 5.41) is 68.1. The van der Waals surface area contributed by atoms with E-state index in [0.717, 1.165) is 0 Å². The second-order valence-corrected chi connectivity index (χ2v) is 22.4. The third-order valence-corrected chi connectivity index (χ3v) is 13.5. The first kappa shape index (κ1) is 91.4. The summed E-state index contributed by atoms with van der Waals surface area (Å²) in [5.41, 5.74) is 9.56. The van der Waals surface area contributed by atoms with Gasteiger partial charge in [-0.15, -0.1) is 17.2 Å².